The summed E-state index contributed by atoms with van der Waals surface area (Å²) in [6.07, 6.45) is 1.87. The van der Waals surface area contributed by atoms with Crippen LogP contribution in [0.25, 0.3) is 0 Å². The zero-order valence-electron chi connectivity index (χ0n) is 9.36. The molecule has 0 aliphatic heterocycles. The molecule has 0 N–H and O–H groups in total. The Morgan fingerprint density at radius 1 is 1.35 bits per heavy atom. The van der Waals surface area contributed by atoms with E-state index in [9.17, 15) is 0 Å². The van der Waals surface area contributed by atoms with E-state index in [0.717, 1.165) is 11.3 Å². The van der Waals surface area contributed by atoms with Crippen molar-refractivity contribution < 1.29 is 4.74 Å². The van der Waals surface area contributed by atoms with Crippen LogP contribution >= 0.6 is 23.2 Å². The molecular formula is C12H12Cl2N2O. The molecule has 0 spiro atoms. The molecule has 5 heteroatoms. The van der Waals surface area contributed by atoms with Crippen LogP contribution in [0.4, 0.5) is 0 Å². The van der Waals surface area contributed by atoms with E-state index in [1.165, 1.54) is 0 Å². The molecule has 17 heavy (non-hydrogen) atoms. The van der Waals surface area contributed by atoms with E-state index in [2.05, 4.69) is 5.10 Å². The van der Waals surface area contributed by atoms with Crippen molar-refractivity contribution in [1.29, 1.82) is 0 Å². The van der Waals surface area contributed by atoms with Gasteiger partial charge in [0.25, 0.3) is 0 Å². The molecule has 1 heterocycles. The van der Waals surface area contributed by atoms with Gasteiger partial charge in [0.15, 0.2) is 0 Å². The minimum atomic E-state index is 0.331. The van der Waals surface area contributed by atoms with Gasteiger partial charge in [-0.15, -0.1) is 11.6 Å². The molecule has 1 aromatic heterocycles. The van der Waals surface area contributed by atoms with Crippen LogP contribution < -0.4 is 4.74 Å². The fraction of sp³-hybridized carbons (Fsp3) is 0.250. The summed E-state index contributed by atoms with van der Waals surface area (Å²) in [5, 5.41) is 4.85. The molecule has 0 atom stereocenters. The Hall–Kier alpha value is -1.19. The minimum Gasteiger partial charge on any atom is -0.487 e. The van der Waals surface area contributed by atoms with Crippen LogP contribution in [0.3, 0.4) is 0 Å². The van der Waals surface area contributed by atoms with Gasteiger partial charge in [-0.05, 0) is 18.2 Å². The lowest BCUT2D eigenvalue weighted by atomic mass is 10.2. The lowest BCUT2D eigenvalue weighted by molar-refractivity contribution is 0.298. The van der Waals surface area contributed by atoms with Gasteiger partial charge in [0.2, 0.25) is 0 Å². The standard InChI is InChI=1S/C12H12Cl2N2O/c1-16-6-5-9(15-16)8-17-12-4-2-3-11(14)10(12)7-13/h2-6H,7-8H2,1H3. The summed E-state index contributed by atoms with van der Waals surface area (Å²) in [4.78, 5) is 0. The number of rotatable bonds is 4. The fourth-order valence-corrected chi connectivity index (χ4v) is 2.07. The summed E-state index contributed by atoms with van der Waals surface area (Å²) in [6, 6.07) is 7.40. The molecule has 90 valence electrons. The van der Waals surface area contributed by atoms with Crippen LogP contribution in [0, 0.1) is 0 Å². The first kappa shape index (κ1) is 12.3. The van der Waals surface area contributed by atoms with Gasteiger partial charge < -0.3 is 4.74 Å². The molecule has 2 rings (SSSR count). The van der Waals surface area contributed by atoms with E-state index in [4.69, 9.17) is 27.9 Å². The second kappa shape index (κ2) is 5.43. The van der Waals surface area contributed by atoms with Gasteiger partial charge in [-0.1, -0.05) is 17.7 Å². The van der Waals surface area contributed by atoms with Crippen LogP contribution in [0.1, 0.15) is 11.3 Å². The second-order valence-corrected chi connectivity index (χ2v) is 4.29. The van der Waals surface area contributed by atoms with Gasteiger partial charge in [-0.25, -0.2) is 0 Å². The van der Waals surface area contributed by atoms with Gasteiger partial charge in [0, 0.05) is 23.8 Å². The minimum absolute atomic E-state index is 0.331. The molecular weight excluding hydrogens is 259 g/mol. The average molecular weight is 271 g/mol. The van der Waals surface area contributed by atoms with Crippen molar-refractivity contribution in [3.05, 3.63) is 46.7 Å². The smallest absolute Gasteiger partial charge is 0.132 e. The maximum absolute atomic E-state index is 6.03. The fourth-order valence-electron chi connectivity index (χ4n) is 1.50. The third kappa shape index (κ3) is 2.93. The molecule has 0 aliphatic rings. The molecule has 3 nitrogen and oxygen atoms in total. The SMILES string of the molecule is Cn1ccc(COc2cccc(Cl)c2CCl)n1. The van der Waals surface area contributed by atoms with Crippen molar-refractivity contribution in [3.8, 4) is 5.75 Å². The lowest BCUT2D eigenvalue weighted by Gasteiger charge is -2.09. The van der Waals surface area contributed by atoms with Crippen molar-refractivity contribution in [1.82, 2.24) is 9.78 Å². The van der Waals surface area contributed by atoms with Crippen molar-refractivity contribution in [2.45, 2.75) is 12.5 Å². The van der Waals surface area contributed by atoms with E-state index in [0.29, 0.717) is 23.3 Å². The van der Waals surface area contributed by atoms with E-state index < -0.39 is 0 Å². The van der Waals surface area contributed by atoms with Crippen molar-refractivity contribution in [2.24, 2.45) is 7.05 Å². The Bertz CT molecular complexity index is 511. The van der Waals surface area contributed by atoms with Crippen LogP contribution in [-0.4, -0.2) is 9.78 Å². The van der Waals surface area contributed by atoms with Gasteiger partial charge in [-0.2, -0.15) is 5.10 Å². The molecule has 0 fully saturated rings. The Balaban J connectivity index is 2.11. The number of alkyl halides is 1. The highest BCUT2D eigenvalue weighted by Crippen LogP contribution is 2.28. The number of aryl methyl sites for hydroxylation is 1. The molecule has 0 saturated carbocycles. The summed E-state index contributed by atoms with van der Waals surface area (Å²) in [6.45, 7) is 0.408. The quantitative estimate of drug-likeness (QED) is 0.797. The number of hydrogen-bond donors (Lipinski definition) is 0. The first-order valence-electron chi connectivity index (χ1n) is 5.15. The van der Waals surface area contributed by atoms with E-state index in [1.807, 2.05) is 31.4 Å². The monoisotopic (exact) mass is 270 g/mol. The topological polar surface area (TPSA) is 27.1 Å². The summed E-state index contributed by atoms with van der Waals surface area (Å²) in [7, 11) is 1.87. The zero-order valence-corrected chi connectivity index (χ0v) is 10.9. The lowest BCUT2D eigenvalue weighted by Crippen LogP contribution is -2.00. The third-order valence-electron chi connectivity index (χ3n) is 2.35. The van der Waals surface area contributed by atoms with Crippen LogP contribution in [-0.2, 0) is 19.5 Å². The Morgan fingerprint density at radius 3 is 2.82 bits per heavy atom. The van der Waals surface area contributed by atoms with Gasteiger partial charge in [0.05, 0.1) is 11.6 Å². The van der Waals surface area contributed by atoms with Crippen LogP contribution in [0.15, 0.2) is 30.5 Å². The molecule has 0 saturated heterocycles. The summed E-state index contributed by atoms with van der Waals surface area (Å²) in [5.74, 6) is 1.04. The summed E-state index contributed by atoms with van der Waals surface area (Å²) < 4.78 is 7.40. The number of halogens is 2. The first-order valence-corrected chi connectivity index (χ1v) is 6.06. The molecule has 0 amide bonds. The zero-order chi connectivity index (χ0) is 12.3. The van der Waals surface area contributed by atoms with E-state index >= 15 is 0 Å². The highest BCUT2D eigenvalue weighted by Gasteiger charge is 2.07. The van der Waals surface area contributed by atoms with E-state index in [-0.39, 0.29) is 0 Å². The number of benzene rings is 1. The highest BCUT2D eigenvalue weighted by atomic mass is 35.5. The Kier molecular flexibility index (Phi) is 3.92. The molecule has 0 bridgehead atoms. The average Bonchev–Trinajstić information content (AvgIpc) is 2.72. The predicted octanol–water partition coefficient (Wildman–Crippen LogP) is 3.39. The third-order valence-corrected chi connectivity index (χ3v) is 2.98. The number of ether oxygens (including phenoxy) is 1. The van der Waals surface area contributed by atoms with Crippen molar-refractivity contribution >= 4 is 23.2 Å². The Labute approximate surface area is 110 Å². The molecule has 1 aromatic carbocycles. The van der Waals surface area contributed by atoms with Gasteiger partial charge in [0.1, 0.15) is 12.4 Å². The normalized spacial score (nSPS) is 10.5. The molecule has 0 unspecified atom stereocenters. The first-order chi connectivity index (χ1) is 8.20. The predicted molar refractivity (Wildman–Crippen MR) is 68.5 cm³/mol. The number of aromatic nitrogens is 2. The maximum atomic E-state index is 6.03. The largest absolute Gasteiger partial charge is 0.487 e. The Morgan fingerprint density at radius 2 is 2.18 bits per heavy atom. The number of nitrogens with zero attached hydrogens (tertiary/aromatic N) is 2. The van der Waals surface area contributed by atoms with E-state index in [1.54, 1.807) is 10.7 Å². The van der Waals surface area contributed by atoms with Crippen LogP contribution in [0.5, 0.6) is 5.75 Å². The van der Waals surface area contributed by atoms with Gasteiger partial charge in [-0.3, -0.25) is 4.68 Å². The number of hydrogen-bond acceptors (Lipinski definition) is 2. The molecule has 0 radical (unpaired) electrons. The van der Waals surface area contributed by atoms with Crippen molar-refractivity contribution in [3.63, 3.8) is 0 Å². The highest BCUT2D eigenvalue weighted by molar-refractivity contribution is 6.32. The van der Waals surface area contributed by atoms with Crippen LogP contribution in [0.2, 0.25) is 5.02 Å². The second-order valence-electron chi connectivity index (χ2n) is 3.62. The maximum Gasteiger partial charge on any atom is 0.132 e. The van der Waals surface area contributed by atoms with Gasteiger partial charge >= 0.3 is 0 Å². The van der Waals surface area contributed by atoms with Crippen molar-refractivity contribution in [2.75, 3.05) is 0 Å². The molecule has 2 aromatic rings. The summed E-state index contributed by atoms with van der Waals surface area (Å²) in [5.41, 5.74) is 1.68. The molecule has 0 aliphatic carbocycles. The summed E-state index contributed by atoms with van der Waals surface area (Å²) >= 11 is 11.9.